The minimum absolute atomic E-state index is 0.134. The van der Waals surface area contributed by atoms with Gasteiger partial charge >= 0.3 is 5.97 Å². The van der Waals surface area contributed by atoms with Crippen LogP contribution in [0.3, 0.4) is 0 Å². The number of ether oxygens (including phenoxy) is 2. The Labute approximate surface area is 141 Å². The largest absolute Gasteiger partial charge is 0.482 e. The lowest BCUT2D eigenvalue weighted by Gasteiger charge is -2.13. The second-order valence-corrected chi connectivity index (χ2v) is 5.20. The third-order valence-corrected chi connectivity index (χ3v) is 3.39. The number of aryl methyl sites for hydroxylation is 1. The van der Waals surface area contributed by atoms with Gasteiger partial charge in [-0.15, -0.1) is 0 Å². The van der Waals surface area contributed by atoms with Crippen molar-refractivity contribution in [1.82, 2.24) is 5.48 Å². The van der Waals surface area contributed by atoms with Crippen LogP contribution in [0, 0.1) is 6.92 Å². The van der Waals surface area contributed by atoms with Gasteiger partial charge < -0.3 is 9.47 Å². The van der Waals surface area contributed by atoms with Crippen LogP contribution < -0.4 is 10.2 Å². The van der Waals surface area contributed by atoms with Crippen LogP contribution >= 0.6 is 0 Å². The maximum atomic E-state index is 11.2. The van der Waals surface area contributed by atoms with Gasteiger partial charge in [0.15, 0.2) is 6.61 Å². The van der Waals surface area contributed by atoms with Gasteiger partial charge in [0.2, 0.25) is 0 Å². The predicted octanol–water partition coefficient (Wildman–Crippen LogP) is 3.24. The van der Waals surface area contributed by atoms with Crippen molar-refractivity contribution in [2.45, 2.75) is 13.5 Å². The maximum Gasteiger partial charge on any atom is 0.343 e. The molecule has 0 amide bonds. The van der Waals surface area contributed by atoms with E-state index < -0.39 is 5.97 Å². The van der Waals surface area contributed by atoms with Crippen LogP contribution in [0.5, 0.6) is 5.75 Å². The van der Waals surface area contributed by atoms with E-state index in [9.17, 15) is 4.79 Å². The molecule has 126 valence electrons. The van der Waals surface area contributed by atoms with E-state index in [2.05, 4.69) is 16.8 Å². The molecule has 0 radical (unpaired) electrons. The number of nitrogens with one attached hydrogen (secondary N) is 1. The standard InChI is InChI=1S/C19H21NO4/c1-14-9-10-17(11-18(14)23-13-19(21)22-3)15(2)20-24-12-16-7-5-4-6-8-16/h4-11,20H,2,12-13H2,1,3H3. The molecule has 2 aromatic rings. The SMILES string of the molecule is C=C(NOCc1ccccc1)c1ccc(C)c(OCC(=O)OC)c1. The van der Waals surface area contributed by atoms with E-state index in [1.54, 1.807) is 6.07 Å². The molecular formula is C19H21NO4. The van der Waals surface area contributed by atoms with Crippen LogP contribution in [0.25, 0.3) is 5.70 Å². The zero-order valence-corrected chi connectivity index (χ0v) is 13.9. The number of methoxy groups -OCH3 is 1. The van der Waals surface area contributed by atoms with Crippen molar-refractivity contribution in [3.8, 4) is 5.75 Å². The molecule has 0 bridgehead atoms. The second kappa shape index (κ2) is 8.74. The summed E-state index contributed by atoms with van der Waals surface area (Å²) >= 11 is 0. The molecule has 1 N–H and O–H groups in total. The number of benzene rings is 2. The van der Waals surface area contributed by atoms with Gasteiger partial charge in [0.05, 0.1) is 19.4 Å². The minimum atomic E-state index is -0.428. The first-order valence-corrected chi connectivity index (χ1v) is 7.51. The van der Waals surface area contributed by atoms with Gasteiger partial charge in [0.25, 0.3) is 0 Å². The molecule has 0 aromatic heterocycles. The van der Waals surface area contributed by atoms with E-state index in [0.29, 0.717) is 18.1 Å². The van der Waals surface area contributed by atoms with Crippen molar-refractivity contribution in [2.24, 2.45) is 0 Å². The molecule has 0 aliphatic heterocycles. The van der Waals surface area contributed by atoms with Crippen LogP contribution in [-0.2, 0) is 21.0 Å². The summed E-state index contributed by atoms with van der Waals surface area (Å²) in [4.78, 5) is 16.7. The Morgan fingerprint density at radius 2 is 1.92 bits per heavy atom. The Bertz CT molecular complexity index is 698. The number of carbonyl (C=O) groups excluding carboxylic acids is 1. The third-order valence-electron chi connectivity index (χ3n) is 3.39. The molecule has 0 unspecified atom stereocenters. The maximum absolute atomic E-state index is 11.2. The smallest absolute Gasteiger partial charge is 0.343 e. The van der Waals surface area contributed by atoms with Gasteiger partial charge in [0, 0.05) is 5.56 Å². The lowest BCUT2D eigenvalue weighted by Crippen LogP contribution is -2.14. The fraction of sp³-hybridized carbons (Fsp3) is 0.211. The first-order valence-electron chi connectivity index (χ1n) is 7.51. The Hall–Kier alpha value is -2.79. The summed E-state index contributed by atoms with van der Waals surface area (Å²) in [6.45, 7) is 6.15. The first-order chi connectivity index (χ1) is 11.6. The summed E-state index contributed by atoms with van der Waals surface area (Å²) < 4.78 is 10.0. The van der Waals surface area contributed by atoms with E-state index >= 15 is 0 Å². The number of hydrogen-bond donors (Lipinski definition) is 1. The van der Waals surface area contributed by atoms with Gasteiger partial charge in [-0.3, -0.25) is 10.3 Å². The van der Waals surface area contributed by atoms with Crippen molar-refractivity contribution in [3.63, 3.8) is 0 Å². The second-order valence-electron chi connectivity index (χ2n) is 5.20. The third kappa shape index (κ3) is 5.14. The predicted molar refractivity (Wildman–Crippen MR) is 92.1 cm³/mol. The molecule has 0 atom stereocenters. The molecular weight excluding hydrogens is 306 g/mol. The molecule has 0 fully saturated rings. The van der Waals surface area contributed by atoms with Crippen molar-refractivity contribution in [1.29, 1.82) is 0 Å². The number of rotatable bonds is 8. The molecule has 0 saturated heterocycles. The quantitative estimate of drug-likeness (QED) is 0.596. The highest BCUT2D eigenvalue weighted by Gasteiger charge is 2.07. The zero-order valence-electron chi connectivity index (χ0n) is 13.9. The lowest BCUT2D eigenvalue weighted by atomic mass is 10.1. The minimum Gasteiger partial charge on any atom is -0.482 e. The summed E-state index contributed by atoms with van der Waals surface area (Å²) in [7, 11) is 1.32. The molecule has 5 nitrogen and oxygen atoms in total. The Morgan fingerprint density at radius 3 is 2.62 bits per heavy atom. The fourth-order valence-corrected chi connectivity index (χ4v) is 1.98. The molecule has 2 rings (SSSR count). The molecule has 0 heterocycles. The van der Waals surface area contributed by atoms with Crippen LogP contribution in [0.15, 0.2) is 55.1 Å². The van der Waals surface area contributed by atoms with E-state index in [-0.39, 0.29) is 6.61 Å². The van der Waals surface area contributed by atoms with Gasteiger partial charge in [0.1, 0.15) is 5.75 Å². The van der Waals surface area contributed by atoms with Gasteiger partial charge in [-0.05, 0) is 24.1 Å². The molecule has 0 aliphatic carbocycles. The summed E-state index contributed by atoms with van der Waals surface area (Å²) in [6, 6.07) is 15.4. The highest BCUT2D eigenvalue weighted by molar-refractivity contribution is 5.71. The van der Waals surface area contributed by atoms with E-state index in [0.717, 1.165) is 16.7 Å². The summed E-state index contributed by atoms with van der Waals surface area (Å²) in [5.74, 6) is 0.173. The fourth-order valence-electron chi connectivity index (χ4n) is 1.98. The number of hydroxylamine groups is 1. The number of hydrogen-bond acceptors (Lipinski definition) is 5. The van der Waals surface area contributed by atoms with Crippen LogP contribution in [0.2, 0.25) is 0 Å². The van der Waals surface area contributed by atoms with E-state index in [1.807, 2.05) is 49.4 Å². The van der Waals surface area contributed by atoms with E-state index in [1.165, 1.54) is 7.11 Å². The van der Waals surface area contributed by atoms with Crippen LogP contribution in [0.1, 0.15) is 16.7 Å². The Morgan fingerprint density at radius 1 is 1.17 bits per heavy atom. The monoisotopic (exact) mass is 327 g/mol. The molecule has 0 spiro atoms. The number of carbonyl (C=O) groups is 1. The summed E-state index contributed by atoms with van der Waals surface area (Å²) in [5.41, 5.74) is 6.22. The van der Waals surface area contributed by atoms with Gasteiger partial charge in [-0.25, -0.2) is 4.79 Å². The average Bonchev–Trinajstić information content (AvgIpc) is 2.61. The summed E-state index contributed by atoms with van der Waals surface area (Å²) in [6.07, 6.45) is 0. The Kier molecular flexibility index (Phi) is 6.40. The van der Waals surface area contributed by atoms with Crippen molar-refractivity contribution >= 4 is 11.7 Å². The van der Waals surface area contributed by atoms with Crippen LogP contribution in [-0.4, -0.2) is 19.7 Å². The zero-order chi connectivity index (χ0) is 17.4. The topological polar surface area (TPSA) is 56.8 Å². The van der Waals surface area contributed by atoms with Crippen molar-refractivity contribution in [3.05, 3.63) is 71.8 Å². The van der Waals surface area contributed by atoms with Crippen molar-refractivity contribution in [2.75, 3.05) is 13.7 Å². The molecule has 24 heavy (non-hydrogen) atoms. The van der Waals surface area contributed by atoms with Gasteiger partial charge in [-0.2, -0.15) is 0 Å². The Balaban J connectivity index is 1.92. The molecule has 5 heteroatoms. The highest BCUT2D eigenvalue weighted by Crippen LogP contribution is 2.22. The summed E-state index contributed by atoms with van der Waals surface area (Å²) in [5, 5.41) is 0. The van der Waals surface area contributed by atoms with Crippen LogP contribution in [0.4, 0.5) is 0 Å². The highest BCUT2D eigenvalue weighted by atomic mass is 16.6. The molecule has 0 aliphatic rings. The van der Waals surface area contributed by atoms with Gasteiger partial charge in [-0.1, -0.05) is 49.0 Å². The normalized spacial score (nSPS) is 10.1. The molecule has 0 saturated carbocycles. The van der Waals surface area contributed by atoms with E-state index in [4.69, 9.17) is 9.57 Å². The lowest BCUT2D eigenvalue weighted by molar-refractivity contribution is -0.142. The first kappa shape index (κ1) is 17.6. The number of esters is 1. The molecule has 2 aromatic carbocycles. The van der Waals surface area contributed by atoms with Crippen molar-refractivity contribution < 1.29 is 19.1 Å². The average molecular weight is 327 g/mol.